The zero-order chi connectivity index (χ0) is 12.3. The number of Topliss-reactive ketones (excluding diaryl/α,β-unsaturated/α-hetero) is 1. The van der Waals surface area contributed by atoms with Crippen molar-refractivity contribution < 1.29 is 4.79 Å². The molecule has 0 aliphatic heterocycles. The van der Waals surface area contributed by atoms with Crippen LogP contribution in [0.15, 0.2) is 6.07 Å². The Kier molecular flexibility index (Phi) is 2.52. The summed E-state index contributed by atoms with van der Waals surface area (Å²) in [7, 11) is 0. The van der Waals surface area contributed by atoms with Crippen molar-refractivity contribution >= 4 is 28.7 Å². The Balaban J connectivity index is 2.29. The molecule has 1 nitrogen and oxygen atoms in total. The van der Waals surface area contributed by atoms with Crippen LogP contribution in [0.25, 0.3) is 0 Å². The van der Waals surface area contributed by atoms with Gasteiger partial charge in [0.1, 0.15) is 0 Å². The Labute approximate surface area is 106 Å². The molecular weight excluding hydrogens is 240 g/mol. The Morgan fingerprint density at radius 2 is 1.81 bits per heavy atom. The number of thiophene rings is 1. The SMILES string of the molecule is Cc1cc(C(=O)C2C(C)(C)C2(C)C)sc1Cl. The largest absolute Gasteiger partial charge is 0.293 e. The van der Waals surface area contributed by atoms with Crippen LogP contribution >= 0.6 is 22.9 Å². The predicted octanol–water partition coefficient (Wildman–Crippen LogP) is 4.57. The monoisotopic (exact) mass is 256 g/mol. The third kappa shape index (κ3) is 1.46. The fraction of sp³-hybridized carbons (Fsp3) is 0.615. The maximum Gasteiger partial charge on any atom is 0.177 e. The number of ketones is 1. The Bertz CT molecular complexity index is 423. The molecule has 0 unspecified atom stereocenters. The highest BCUT2D eigenvalue weighted by Crippen LogP contribution is 2.69. The first-order chi connectivity index (χ1) is 7.19. The molecule has 3 heteroatoms. The van der Waals surface area contributed by atoms with Crippen LogP contribution in [-0.4, -0.2) is 5.78 Å². The first kappa shape index (κ1) is 12.1. The molecule has 0 amide bonds. The minimum atomic E-state index is 0.106. The molecule has 0 bridgehead atoms. The molecule has 1 saturated carbocycles. The fourth-order valence-electron chi connectivity index (χ4n) is 2.58. The molecule has 2 rings (SSSR count). The predicted molar refractivity (Wildman–Crippen MR) is 69.4 cm³/mol. The molecular formula is C13H17ClOS. The number of hydrogen-bond donors (Lipinski definition) is 0. The van der Waals surface area contributed by atoms with Crippen molar-refractivity contribution in [3.63, 3.8) is 0 Å². The second-order valence-corrected chi connectivity index (χ2v) is 7.46. The lowest BCUT2D eigenvalue weighted by Gasteiger charge is -2.03. The standard InChI is InChI=1S/C13H17ClOS/c1-7-6-8(16-11(7)14)9(15)10-12(2,3)13(10,4)5/h6,10H,1-5H3. The highest BCUT2D eigenvalue weighted by molar-refractivity contribution is 7.18. The number of carbonyl (C=O) groups is 1. The van der Waals surface area contributed by atoms with Gasteiger partial charge in [0.25, 0.3) is 0 Å². The molecule has 88 valence electrons. The molecule has 1 fully saturated rings. The molecule has 16 heavy (non-hydrogen) atoms. The number of halogens is 1. The minimum absolute atomic E-state index is 0.106. The zero-order valence-corrected chi connectivity index (χ0v) is 11.9. The third-order valence-electron chi connectivity index (χ3n) is 4.38. The molecule has 0 spiro atoms. The van der Waals surface area contributed by atoms with E-state index in [-0.39, 0.29) is 22.5 Å². The summed E-state index contributed by atoms with van der Waals surface area (Å²) in [5, 5.41) is 0. The van der Waals surface area contributed by atoms with Crippen LogP contribution < -0.4 is 0 Å². The lowest BCUT2D eigenvalue weighted by molar-refractivity contribution is 0.0949. The molecule has 1 aliphatic carbocycles. The van der Waals surface area contributed by atoms with Crippen molar-refractivity contribution in [2.75, 3.05) is 0 Å². The van der Waals surface area contributed by atoms with Gasteiger partial charge in [0.2, 0.25) is 0 Å². The lowest BCUT2D eigenvalue weighted by atomic mass is 10.0. The Hall–Kier alpha value is -0.340. The molecule has 0 aromatic carbocycles. The van der Waals surface area contributed by atoms with Crippen LogP contribution in [-0.2, 0) is 0 Å². The number of rotatable bonds is 2. The maximum atomic E-state index is 12.4. The summed E-state index contributed by atoms with van der Waals surface area (Å²) >= 11 is 7.42. The smallest absolute Gasteiger partial charge is 0.177 e. The summed E-state index contributed by atoms with van der Waals surface area (Å²) in [6.07, 6.45) is 0. The highest BCUT2D eigenvalue weighted by Gasteiger charge is 2.68. The van der Waals surface area contributed by atoms with Crippen molar-refractivity contribution in [3.8, 4) is 0 Å². The number of carbonyl (C=O) groups excluding carboxylic acids is 1. The molecule has 0 atom stereocenters. The van der Waals surface area contributed by atoms with E-state index in [1.807, 2.05) is 13.0 Å². The van der Waals surface area contributed by atoms with Gasteiger partial charge in [-0.05, 0) is 29.4 Å². The van der Waals surface area contributed by atoms with Crippen LogP contribution in [0.2, 0.25) is 4.34 Å². The summed E-state index contributed by atoms with van der Waals surface area (Å²) in [6, 6.07) is 1.92. The average Bonchev–Trinajstić information content (AvgIpc) is 2.39. The molecule has 0 N–H and O–H groups in total. The molecule has 1 aromatic heterocycles. The lowest BCUT2D eigenvalue weighted by Crippen LogP contribution is -2.05. The topological polar surface area (TPSA) is 17.1 Å². The fourth-order valence-corrected chi connectivity index (χ4v) is 3.75. The quantitative estimate of drug-likeness (QED) is 0.708. The van der Waals surface area contributed by atoms with Crippen molar-refractivity contribution in [2.45, 2.75) is 34.6 Å². The van der Waals surface area contributed by atoms with Gasteiger partial charge >= 0.3 is 0 Å². The van der Waals surface area contributed by atoms with Gasteiger partial charge in [0, 0.05) is 5.92 Å². The van der Waals surface area contributed by atoms with Gasteiger partial charge in [-0.3, -0.25) is 4.79 Å². The van der Waals surface area contributed by atoms with E-state index in [0.29, 0.717) is 0 Å². The first-order valence-corrected chi connectivity index (χ1v) is 6.69. The van der Waals surface area contributed by atoms with E-state index in [9.17, 15) is 4.79 Å². The second kappa shape index (κ2) is 3.33. The van der Waals surface area contributed by atoms with Gasteiger partial charge in [-0.1, -0.05) is 39.3 Å². The Morgan fingerprint density at radius 1 is 1.31 bits per heavy atom. The summed E-state index contributed by atoms with van der Waals surface area (Å²) in [5.74, 6) is 0.393. The van der Waals surface area contributed by atoms with Crippen molar-refractivity contribution in [3.05, 3.63) is 20.8 Å². The van der Waals surface area contributed by atoms with E-state index >= 15 is 0 Å². The van der Waals surface area contributed by atoms with Gasteiger partial charge in [-0.2, -0.15) is 0 Å². The van der Waals surface area contributed by atoms with Crippen LogP contribution in [0.1, 0.15) is 42.9 Å². The van der Waals surface area contributed by atoms with E-state index in [1.54, 1.807) is 0 Å². The van der Waals surface area contributed by atoms with Crippen LogP contribution in [0.3, 0.4) is 0 Å². The molecule has 1 heterocycles. The van der Waals surface area contributed by atoms with Gasteiger partial charge in [-0.15, -0.1) is 11.3 Å². The zero-order valence-electron chi connectivity index (χ0n) is 10.3. The van der Waals surface area contributed by atoms with E-state index in [1.165, 1.54) is 11.3 Å². The summed E-state index contributed by atoms with van der Waals surface area (Å²) in [6.45, 7) is 10.6. The van der Waals surface area contributed by atoms with Gasteiger partial charge in [0.05, 0.1) is 9.21 Å². The minimum Gasteiger partial charge on any atom is -0.293 e. The molecule has 1 aliphatic rings. The van der Waals surface area contributed by atoms with Crippen LogP contribution in [0.4, 0.5) is 0 Å². The van der Waals surface area contributed by atoms with Crippen LogP contribution in [0, 0.1) is 23.7 Å². The first-order valence-electron chi connectivity index (χ1n) is 5.49. The molecule has 0 radical (unpaired) electrons. The molecule has 1 aromatic rings. The maximum absolute atomic E-state index is 12.4. The van der Waals surface area contributed by atoms with Crippen molar-refractivity contribution in [1.82, 2.24) is 0 Å². The van der Waals surface area contributed by atoms with E-state index in [4.69, 9.17) is 11.6 Å². The number of aryl methyl sites for hydroxylation is 1. The van der Waals surface area contributed by atoms with E-state index in [2.05, 4.69) is 27.7 Å². The average molecular weight is 257 g/mol. The van der Waals surface area contributed by atoms with E-state index in [0.717, 1.165) is 14.8 Å². The van der Waals surface area contributed by atoms with Gasteiger partial charge in [0.15, 0.2) is 5.78 Å². The summed E-state index contributed by atoms with van der Waals surface area (Å²) < 4.78 is 0.736. The highest BCUT2D eigenvalue weighted by atomic mass is 35.5. The van der Waals surface area contributed by atoms with Gasteiger partial charge in [-0.25, -0.2) is 0 Å². The van der Waals surface area contributed by atoms with E-state index < -0.39 is 0 Å². The number of hydrogen-bond acceptors (Lipinski definition) is 2. The van der Waals surface area contributed by atoms with Crippen LogP contribution in [0.5, 0.6) is 0 Å². The van der Waals surface area contributed by atoms with Crippen molar-refractivity contribution in [2.24, 2.45) is 16.7 Å². The van der Waals surface area contributed by atoms with Gasteiger partial charge < -0.3 is 0 Å². The van der Waals surface area contributed by atoms with Crippen molar-refractivity contribution in [1.29, 1.82) is 0 Å². The summed E-state index contributed by atoms with van der Waals surface area (Å²) in [4.78, 5) is 13.2. The Morgan fingerprint density at radius 3 is 2.12 bits per heavy atom. The normalized spacial score (nSPS) is 22.1. The second-order valence-electron chi connectivity index (χ2n) is 5.81. The third-order valence-corrected chi connectivity index (χ3v) is 5.95. The summed E-state index contributed by atoms with van der Waals surface area (Å²) in [5.41, 5.74) is 1.22. The molecule has 0 saturated heterocycles.